The van der Waals surface area contributed by atoms with Crippen molar-refractivity contribution in [3.63, 3.8) is 0 Å². The van der Waals surface area contributed by atoms with E-state index in [-0.39, 0.29) is 0 Å². The topological polar surface area (TPSA) is 12.0 Å². The second-order valence-corrected chi connectivity index (χ2v) is 6.00. The Balaban J connectivity index is 2.20. The van der Waals surface area contributed by atoms with Gasteiger partial charge >= 0.3 is 0 Å². The summed E-state index contributed by atoms with van der Waals surface area (Å²) < 4.78 is 1.49. The molecule has 2 heteroatoms. The fourth-order valence-electron chi connectivity index (χ4n) is 2.96. The second kappa shape index (κ2) is 4.43. The van der Waals surface area contributed by atoms with Gasteiger partial charge in [0.05, 0.1) is 0 Å². The van der Waals surface area contributed by atoms with Crippen LogP contribution in [-0.4, -0.2) is 7.05 Å². The van der Waals surface area contributed by atoms with E-state index in [0.29, 0.717) is 0 Å². The van der Waals surface area contributed by atoms with Gasteiger partial charge in [0.2, 0.25) is 0 Å². The second-order valence-electron chi connectivity index (χ2n) is 4.86. The summed E-state index contributed by atoms with van der Waals surface area (Å²) in [6.45, 7) is 3.28. The van der Waals surface area contributed by atoms with Gasteiger partial charge in [0, 0.05) is 16.1 Å². The maximum absolute atomic E-state index is 3.29. The molecule has 1 aromatic carbocycles. The fraction of sp³-hybridized carbons (Fsp3) is 0.467. The number of hydrogen-bond donors (Lipinski definition) is 1. The van der Waals surface area contributed by atoms with Crippen LogP contribution in [0.4, 0.5) is 0 Å². The van der Waals surface area contributed by atoms with Crippen LogP contribution in [0.1, 0.15) is 34.9 Å². The fourth-order valence-corrected chi connectivity index (χ4v) is 4.31. The number of nitrogens with one attached hydrogen (secondary N) is 1. The minimum atomic E-state index is 1.01. The van der Waals surface area contributed by atoms with Gasteiger partial charge in [0.15, 0.2) is 0 Å². The third-order valence-corrected chi connectivity index (χ3v) is 4.97. The molecule has 0 unspecified atom stereocenters. The van der Waals surface area contributed by atoms with Gasteiger partial charge in [0.1, 0.15) is 0 Å². The molecule has 1 heterocycles. The molecule has 0 saturated heterocycles. The van der Waals surface area contributed by atoms with Crippen LogP contribution in [0.25, 0.3) is 10.1 Å². The van der Waals surface area contributed by atoms with Crippen molar-refractivity contribution in [3.05, 3.63) is 33.7 Å². The van der Waals surface area contributed by atoms with Gasteiger partial charge in [-0.25, -0.2) is 0 Å². The molecule has 0 aliphatic heterocycles. The highest BCUT2D eigenvalue weighted by atomic mass is 32.1. The molecule has 1 aromatic heterocycles. The molecule has 90 valence electrons. The van der Waals surface area contributed by atoms with Crippen LogP contribution in [0.2, 0.25) is 0 Å². The lowest BCUT2D eigenvalue weighted by Crippen LogP contribution is -2.04. The molecule has 0 radical (unpaired) electrons. The Morgan fingerprint density at radius 3 is 2.71 bits per heavy atom. The number of benzene rings is 1. The minimum absolute atomic E-state index is 1.01. The van der Waals surface area contributed by atoms with E-state index in [0.717, 1.165) is 13.0 Å². The summed E-state index contributed by atoms with van der Waals surface area (Å²) in [7, 11) is 2.03. The number of thiophene rings is 1. The van der Waals surface area contributed by atoms with E-state index in [2.05, 4.69) is 24.4 Å². The van der Waals surface area contributed by atoms with Gasteiger partial charge < -0.3 is 5.32 Å². The Bertz CT molecular complexity index is 554. The first-order chi connectivity index (χ1) is 8.33. The van der Waals surface area contributed by atoms with Crippen molar-refractivity contribution in [3.8, 4) is 0 Å². The van der Waals surface area contributed by atoms with E-state index >= 15 is 0 Å². The Morgan fingerprint density at radius 1 is 1.24 bits per heavy atom. The van der Waals surface area contributed by atoms with Crippen LogP contribution in [0.5, 0.6) is 0 Å². The van der Waals surface area contributed by atoms with Crippen LogP contribution in [-0.2, 0) is 25.8 Å². The van der Waals surface area contributed by atoms with Crippen molar-refractivity contribution in [1.29, 1.82) is 0 Å². The van der Waals surface area contributed by atoms with Crippen LogP contribution < -0.4 is 5.32 Å². The van der Waals surface area contributed by atoms with Crippen molar-refractivity contribution in [2.45, 2.75) is 39.2 Å². The SMILES string of the molecule is CCc1c(CNC)sc2cc3c(cc12)CCC3. The lowest BCUT2D eigenvalue weighted by molar-refractivity contribution is 0.822. The van der Waals surface area contributed by atoms with Gasteiger partial charge in [-0.2, -0.15) is 0 Å². The van der Waals surface area contributed by atoms with Crippen LogP contribution in [0.15, 0.2) is 12.1 Å². The molecule has 0 amide bonds. The van der Waals surface area contributed by atoms with Crippen molar-refractivity contribution in [1.82, 2.24) is 5.32 Å². The first-order valence-corrected chi connectivity index (χ1v) is 7.35. The van der Waals surface area contributed by atoms with Gasteiger partial charge in [-0.15, -0.1) is 11.3 Å². The molecular weight excluding hydrogens is 226 g/mol. The summed E-state index contributed by atoms with van der Waals surface area (Å²) in [5, 5.41) is 4.80. The molecule has 1 aliphatic carbocycles. The summed E-state index contributed by atoms with van der Waals surface area (Å²) in [5.74, 6) is 0. The maximum atomic E-state index is 3.29. The number of fused-ring (bicyclic) bond motifs is 2. The first-order valence-electron chi connectivity index (χ1n) is 6.54. The molecule has 0 atom stereocenters. The predicted octanol–water partition coefficient (Wildman–Crippen LogP) is 3.67. The normalized spacial score (nSPS) is 14.5. The van der Waals surface area contributed by atoms with Crippen LogP contribution in [0, 0.1) is 0 Å². The molecule has 1 N–H and O–H groups in total. The van der Waals surface area contributed by atoms with E-state index in [1.165, 1.54) is 34.2 Å². The zero-order chi connectivity index (χ0) is 11.8. The molecule has 0 fully saturated rings. The van der Waals surface area contributed by atoms with E-state index in [1.807, 2.05) is 18.4 Å². The van der Waals surface area contributed by atoms with Crippen molar-refractivity contribution in [2.75, 3.05) is 7.05 Å². The van der Waals surface area contributed by atoms with Gasteiger partial charge in [-0.3, -0.25) is 0 Å². The van der Waals surface area contributed by atoms with Crippen molar-refractivity contribution in [2.24, 2.45) is 0 Å². The van der Waals surface area contributed by atoms with E-state index in [4.69, 9.17) is 0 Å². The highest BCUT2D eigenvalue weighted by molar-refractivity contribution is 7.19. The minimum Gasteiger partial charge on any atom is -0.315 e. The smallest absolute Gasteiger partial charge is 0.0351 e. The summed E-state index contributed by atoms with van der Waals surface area (Å²) >= 11 is 1.98. The predicted molar refractivity (Wildman–Crippen MR) is 76.0 cm³/mol. The lowest BCUT2D eigenvalue weighted by Gasteiger charge is -2.02. The van der Waals surface area contributed by atoms with Crippen LogP contribution >= 0.6 is 11.3 Å². The summed E-state index contributed by atoms with van der Waals surface area (Å²) in [6.07, 6.45) is 5.06. The molecular formula is C15H19NS. The quantitative estimate of drug-likeness (QED) is 0.870. The van der Waals surface area contributed by atoms with E-state index in [9.17, 15) is 0 Å². The van der Waals surface area contributed by atoms with Crippen LogP contribution in [0.3, 0.4) is 0 Å². The summed E-state index contributed by atoms with van der Waals surface area (Å²) in [6, 6.07) is 4.91. The molecule has 3 rings (SSSR count). The van der Waals surface area contributed by atoms with E-state index in [1.54, 1.807) is 16.7 Å². The molecule has 0 spiro atoms. The molecule has 0 saturated carbocycles. The van der Waals surface area contributed by atoms with Crippen molar-refractivity contribution < 1.29 is 0 Å². The largest absolute Gasteiger partial charge is 0.315 e. The maximum Gasteiger partial charge on any atom is 0.0351 e. The molecule has 1 aliphatic rings. The van der Waals surface area contributed by atoms with Gasteiger partial charge in [-0.05, 0) is 66.9 Å². The first kappa shape index (κ1) is 11.2. The molecule has 2 aromatic rings. The number of hydrogen-bond acceptors (Lipinski definition) is 2. The molecule has 17 heavy (non-hydrogen) atoms. The summed E-state index contributed by atoms with van der Waals surface area (Å²) in [4.78, 5) is 1.52. The van der Waals surface area contributed by atoms with Gasteiger partial charge in [0.25, 0.3) is 0 Å². The molecule has 0 bridgehead atoms. The number of rotatable bonds is 3. The lowest BCUT2D eigenvalue weighted by atomic mass is 10.0. The van der Waals surface area contributed by atoms with Gasteiger partial charge in [-0.1, -0.05) is 6.92 Å². The zero-order valence-electron chi connectivity index (χ0n) is 10.6. The highest BCUT2D eigenvalue weighted by Gasteiger charge is 2.16. The Morgan fingerprint density at radius 2 is 2.00 bits per heavy atom. The number of aryl methyl sites for hydroxylation is 3. The zero-order valence-corrected chi connectivity index (χ0v) is 11.4. The monoisotopic (exact) mass is 245 g/mol. The Hall–Kier alpha value is -0.860. The Labute approximate surface area is 107 Å². The summed E-state index contributed by atoms with van der Waals surface area (Å²) in [5.41, 5.74) is 4.76. The highest BCUT2D eigenvalue weighted by Crippen LogP contribution is 2.36. The standard InChI is InChI=1S/C15H19NS/c1-3-12-13-7-10-5-4-6-11(10)8-14(13)17-15(12)9-16-2/h7-8,16H,3-6,9H2,1-2H3. The average Bonchev–Trinajstić information content (AvgIpc) is 2.89. The Kier molecular flexibility index (Phi) is 2.93. The molecule has 1 nitrogen and oxygen atoms in total. The van der Waals surface area contributed by atoms with Crippen molar-refractivity contribution >= 4 is 21.4 Å². The third-order valence-electron chi connectivity index (χ3n) is 3.78. The average molecular weight is 245 g/mol. The third kappa shape index (κ3) is 1.80. The van der Waals surface area contributed by atoms with E-state index < -0.39 is 0 Å².